The summed E-state index contributed by atoms with van der Waals surface area (Å²) in [6.07, 6.45) is 1.75. The molecule has 0 aliphatic heterocycles. The molecule has 0 aliphatic carbocycles. The highest BCUT2D eigenvalue weighted by Gasteiger charge is 2.08. The number of aromatic nitrogens is 1. The van der Waals surface area contributed by atoms with Crippen LogP contribution in [0.3, 0.4) is 0 Å². The SMILES string of the molecule is Nc1cc2cc[nH]c2cc1C(=O)O. The van der Waals surface area contributed by atoms with Gasteiger partial charge in [0.25, 0.3) is 0 Å². The number of H-pyrrole nitrogens is 1. The van der Waals surface area contributed by atoms with Crippen molar-refractivity contribution in [3.05, 3.63) is 30.0 Å². The van der Waals surface area contributed by atoms with Crippen molar-refractivity contribution in [2.45, 2.75) is 0 Å². The topological polar surface area (TPSA) is 79.1 Å². The highest BCUT2D eigenvalue weighted by atomic mass is 16.4. The van der Waals surface area contributed by atoms with E-state index in [1.165, 1.54) is 6.07 Å². The second kappa shape index (κ2) is 2.52. The van der Waals surface area contributed by atoms with E-state index in [4.69, 9.17) is 10.8 Å². The lowest BCUT2D eigenvalue weighted by Crippen LogP contribution is -2.01. The molecule has 4 heteroatoms. The second-order valence-corrected chi connectivity index (χ2v) is 2.81. The first-order valence-corrected chi connectivity index (χ1v) is 3.78. The normalized spacial score (nSPS) is 10.5. The van der Waals surface area contributed by atoms with Crippen molar-refractivity contribution in [2.24, 2.45) is 0 Å². The molecule has 0 amide bonds. The molecular formula is C9H8N2O2. The number of aromatic amines is 1. The Balaban J connectivity index is 2.76. The molecule has 0 spiro atoms. The van der Waals surface area contributed by atoms with Gasteiger partial charge in [0.2, 0.25) is 0 Å². The Morgan fingerprint density at radius 2 is 2.23 bits per heavy atom. The van der Waals surface area contributed by atoms with Crippen LogP contribution in [-0.2, 0) is 0 Å². The minimum absolute atomic E-state index is 0.134. The smallest absolute Gasteiger partial charge is 0.337 e. The number of carbonyl (C=O) groups is 1. The maximum atomic E-state index is 10.7. The number of benzene rings is 1. The Morgan fingerprint density at radius 3 is 2.92 bits per heavy atom. The highest BCUT2D eigenvalue weighted by molar-refractivity contribution is 5.99. The molecule has 0 aliphatic rings. The molecule has 0 saturated carbocycles. The van der Waals surface area contributed by atoms with Crippen LogP contribution in [0.15, 0.2) is 24.4 Å². The molecule has 0 saturated heterocycles. The third kappa shape index (κ3) is 1.12. The summed E-state index contributed by atoms with van der Waals surface area (Å²) >= 11 is 0. The van der Waals surface area contributed by atoms with Crippen LogP contribution in [0, 0.1) is 0 Å². The van der Waals surface area contributed by atoms with E-state index in [-0.39, 0.29) is 5.56 Å². The van der Waals surface area contributed by atoms with Gasteiger partial charge in [0.15, 0.2) is 0 Å². The molecule has 1 aromatic heterocycles. The first-order valence-electron chi connectivity index (χ1n) is 3.78. The summed E-state index contributed by atoms with van der Waals surface area (Å²) in [5, 5.41) is 9.69. The Bertz CT molecular complexity index is 473. The molecule has 0 radical (unpaired) electrons. The van der Waals surface area contributed by atoms with E-state index in [1.807, 2.05) is 6.07 Å². The lowest BCUT2D eigenvalue weighted by molar-refractivity contribution is 0.0698. The van der Waals surface area contributed by atoms with Gasteiger partial charge in [-0.25, -0.2) is 4.79 Å². The van der Waals surface area contributed by atoms with E-state index in [2.05, 4.69) is 4.98 Å². The fourth-order valence-electron chi connectivity index (χ4n) is 1.30. The van der Waals surface area contributed by atoms with Crippen LogP contribution in [0.2, 0.25) is 0 Å². The number of fused-ring (bicyclic) bond motifs is 1. The zero-order valence-corrected chi connectivity index (χ0v) is 6.74. The largest absolute Gasteiger partial charge is 0.478 e. The maximum Gasteiger partial charge on any atom is 0.337 e. The number of hydrogen-bond donors (Lipinski definition) is 3. The molecule has 0 fully saturated rings. The van der Waals surface area contributed by atoms with Gasteiger partial charge in [-0.3, -0.25) is 0 Å². The van der Waals surface area contributed by atoms with Crippen molar-refractivity contribution >= 4 is 22.6 Å². The lowest BCUT2D eigenvalue weighted by atomic mass is 10.1. The van der Waals surface area contributed by atoms with Crippen molar-refractivity contribution in [3.63, 3.8) is 0 Å². The van der Waals surface area contributed by atoms with Crippen LogP contribution >= 0.6 is 0 Å². The van der Waals surface area contributed by atoms with Gasteiger partial charge in [0, 0.05) is 22.8 Å². The zero-order valence-electron chi connectivity index (χ0n) is 6.74. The van der Waals surface area contributed by atoms with Gasteiger partial charge in [-0.1, -0.05) is 0 Å². The average molecular weight is 176 g/mol. The van der Waals surface area contributed by atoms with E-state index in [1.54, 1.807) is 12.3 Å². The maximum absolute atomic E-state index is 10.7. The first-order chi connectivity index (χ1) is 6.18. The van der Waals surface area contributed by atoms with E-state index in [0.29, 0.717) is 5.69 Å². The molecule has 2 aromatic rings. The van der Waals surface area contributed by atoms with Crippen LogP contribution in [0.5, 0.6) is 0 Å². The Labute approximate surface area is 74.0 Å². The molecule has 66 valence electrons. The van der Waals surface area contributed by atoms with Crippen molar-refractivity contribution in [1.82, 2.24) is 4.98 Å². The summed E-state index contributed by atoms with van der Waals surface area (Å²) < 4.78 is 0. The van der Waals surface area contributed by atoms with E-state index < -0.39 is 5.97 Å². The van der Waals surface area contributed by atoms with E-state index in [9.17, 15) is 4.79 Å². The van der Waals surface area contributed by atoms with Crippen LogP contribution < -0.4 is 5.73 Å². The molecule has 1 heterocycles. The quantitative estimate of drug-likeness (QED) is 0.575. The molecule has 0 atom stereocenters. The van der Waals surface area contributed by atoms with Crippen LogP contribution in [0.25, 0.3) is 10.9 Å². The molecule has 4 nitrogen and oxygen atoms in total. The van der Waals surface area contributed by atoms with Crippen molar-refractivity contribution in [1.29, 1.82) is 0 Å². The summed E-state index contributed by atoms with van der Waals surface area (Å²) in [6.45, 7) is 0. The molecule has 4 N–H and O–H groups in total. The monoisotopic (exact) mass is 176 g/mol. The van der Waals surface area contributed by atoms with E-state index in [0.717, 1.165) is 10.9 Å². The third-order valence-corrected chi connectivity index (χ3v) is 1.95. The second-order valence-electron chi connectivity index (χ2n) is 2.81. The van der Waals surface area contributed by atoms with Crippen molar-refractivity contribution in [3.8, 4) is 0 Å². The third-order valence-electron chi connectivity index (χ3n) is 1.95. The summed E-state index contributed by atoms with van der Waals surface area (Å²) in [5.41, 5.74) is 6.76. The number of carboxylic acid groups (broad SMARTS) is 1. The fraction of sp³-hybridized carbons (Fsp3) is 0. The number of hydrogen-bond acceptors (Lipinski definition) is 2. The minimum Gasteiger partial charge on any atom is -0.478 e. The van der Waals surface area contributed by atoms with Crippen molar-refractivity contribution < 1.29 is 9.90 Å². The Hall–Kier alpha value is -1.97. The average Bonchev–Trinajstić information content (AvgIpc) is 2.48. The first kappa shape index (κ1) is 7.67. The predicted molar refractivity (Wildman–Crippen MR) is 49.7 cm³/mol. The number of rotatable bonds is 1. The summed E-state index contributed by atoms with van der Waals surface area (Å²) in [7, 11) is 0. The van der Waals surface area contributed by atoms with E-state index >= 15 is 0 Å². The molecule has 0 unspecified atom stereocenters. The summed E-state index contributed by atoms with van der Waals surface area (Å²) in [4.78, 5) is 13.6. The minimum atomic E-state index is -1.01. The molecule has 13 heavy (non-hydrogen) atoms. The number of nitrogens with two attached hydrogens (primary N) is 1. The van der Waals surface area contributed by atoms with Crippen molar-refractivity contribution in [2.75, 3.05) is 5.73 Å². The van der Waals surface area contributed by atoms with Gasteiger partial charge in [0.1, 0.15) is 0 Å². The van der Waals surface area contributed by atoms with Gasteiger partial charge in [-0.15, -0.1) is 0 Å². The standard InChI is InChI=1S/C9H8N2O2/c10-7-3-5-1-2-11-8(5)4-6(7)9(12)13/h1-4,11H,10H2,(H,12,13). The molecule has 0 bridgehead atoms. The molecule has 2 rings (SSSR count). The lowest BCUT2D eigenvalue weighted by Gasteiger charge is -1.99. The Morgan fingerprint density at radius 1 is 1.46 bits per heavy atom. The van der Waals surface area contributed by atoms with Crippen LogP contribution in [0.4, 0.5) is 5.69 Å². The van der Waals surface area contributed by atoms with Gasteiger partial charge < -0.3 is 15.8 Å². The number of nitrogens with one attached hydrogen (secondary N) is 1. The number of nitrogen functional groups attached to an aromatic ring is 1. The fourth-order valence-corrected chi connectivity index (χ4v) is 1.30. The zero-order chi connectivity index (χ0) is 9.42. The van der Waals surface area contributed by atoms with Gasteiger partial charge in [-0.2, -0.15) is 0 Å². The summed E-state index contributed by atoms with van der Waals surface area (Å²) in [6, 6.07) is 5.03. The molecule has 1 aromatic carbocycles. The summed E-state index contributed by atoms with van der Waals surface area (Å²) in [5.74, 6) is -1.01. The number of aromatic carboxylic acids is 1. The number of carboxylic acids is 1. The predicted octanol–water partition coefficient (Wildman–Crippen LogP) is 1.45. The number of anilines is 1. The van der Waals surface area contributed by atoms with Gasteiger partial charge in [0.05, 0.1) is 5.56 Å². The van der Waals surface area contributed by atoms with Crippen LogP contribution in [0.1, 0.15) is 10.4 Å². The van der Waals surface area contributed by atoms with Gasteiger partial charge in [-0.05, 0) is 18.2 Å². The molecular weight excluding hydrogens is 168 g/mol. The highest BCUT2D eigenvalue weighted by Crippen LogP contribution is 2.20. The Kier molecular flexibility index (Phi) is 1.48. The van der Waals surface area contributed by atoms with Crippen LogP contribution in [-0.4, -0.2) is 16.1 Å². The van der Waals surface area contributed by atoms with Gasteiger partial charge >= 0.3 is 5.97 Å².